The van der Waals surface area contributed by atoms with Gasteiger partial charge in [-0.3, -0.25) is 4.79 Å². The van der Waals surface area contributed by atoms with E-state index in [1.165, 1.54) is 17.2 Å². The Bertz CT molecular complexity index is 1360. The fraction of sp³-hybridized carbons (Fsp3) is 0.360. The lowest BCUT2D eigenvalue weighted by atomic mass is 9.89. The summed E-state index contributed by atoms with van der Waals surface area (Å²) >= 11 is 0. The van der Waals surface area contributed by atoms with E-state index in [2.05, 4.69) is 25.1 Å². The summed E-state index contributed by atoms with van der Waals surface area (Å²) in [6.45, 7) is 1.62. The van der Waals surface area contributed by atoms with E-state index in [0.717, 1.165) is 24.4 Å². The third-order valence-electron chi connectivity index (χ3n) is 6.16. The Kier molecular flexibility index (Phi) is 8.43. The number of nitrogens with zero attached hydrogens (tertiary/aromatic N) is 6. The van der Waals surface area contributed by atoms with Gasteiger partial charge in [0.15, 0.2) is 0 Å². The molecular formula is C25H23F5N6O3. The molecule has 1 aliphatic rings. The van der Waals surface area contributed by atoms with Gasteiger partial charge in [0.1, 0.15) is 23.2 Å². The largest absolute Gasteiger partial charge is 0.451 e. The average Bonchev–Trinajstić information content (AvgIpc) is 2.91. The summed E-state index contributed by atoms with van der Waals surface area (Å²) in [5, 5.41) is 13.7. The molecule has 9 nitrogen and oxygen atoms in total. The lowest BCUT2D eigenvalue weighted by Gasteiger charge is -2.32. The van der Waals surface area contributed by atoms with Gasteiger partial charge >= 0.3 is 6.18 Å². The highest BCUT2D eigenvalue weighted by Crippen LogP contribution is 2.30. The summed E-state index contributed by atoms with van der Waals surface area (Å²) in [7, 11) is 0. The zero-order chi connectivity index (χ0) is 28.2. The van der Waals surface area contributed by atoms with Gasteiger partial charge in [-0.2, -0.15) is 18.2 Å². The Morgan fingerprint density at radius 1 is 1.13 bits per heavy atom. The van der Waals surface area contributed by atoms with Crippen molar-refractivity contribution in [2.24, 2.45) is 5.16 Å². The van der Waals surface area contributed by atoms with Gasteiger partial charge in [0, 0.05) is 48.6 Å². The first-order valence-corrected chi connectivity index (χ1v) is 11.9. The Morgan fingerprint density at radius 2 is 1.82 bits per heavy atom. The monoisotopic (exact) mass is 550 g/mol. The van der Waals surface area contributed by atoms with Crippen molar-refractivity contribution >= 4 is 11.6 Å². The summed E-state index contributed by atoms with van der Waals surface area (Å²) in [6, 6.07) is 4.51. The highest BCUT2D eigenvalue weighted by atomic mass is 19.4. The van der Waals surface area contributed by atoms with Crippen LogP contribution in [0.3, 0.4) is 0 Å². The summed E-state index contributed by atoms with van der Waals surface area (Å²) < 4.78 is 66.6. The van der Waals surface area contributed by atoms with Crippen LogP contribution in [0.1, 0.15) is 47.2 Å². The van der Waals surface area contributed by atoms with E-state index in [1.807, 2.05) is 0 Å². The van der Waals surface area contributed by atoms with E-state index in [4.69, 9.17) is 4.84 Å². The molecule has 14 heteroatoms. The number of carbonyl (C=O) groups excluding carboxylic acids is 1. The van der Waals surface area contributed by atoms with Gasteiger partial charge in [0.2, 0.25) is 11.7 Å². The number of benzene rings is 1. The molecule has 206 valence electrons. The number of aliphatic hydroxyl groups excluding tert-OH is 1. The van der Waals surface area contributed by atoms with Gasteiger partial charge < -0.3 is 14.8 Å². The van der Waals surface area contributed by atoms with E-state index >= 15 is 0 Å². The fourth-order valence-electron chi connectivity index (χ4n) is 4.18. The highest BCUT2D eigenvalue weighted by Gasteiger charge is 2.35. The molecule has 1 saturated heterocycles. The second-order valence-electron chi connectivity index (χ2n) is 8.75. The molecule has 0 radical (unpaired) electrons. The predicted molar refractivity (Wildman–Crippen MR) is 127 cm³/mol. The molecule has 4 rings (SSSR count). The highest BCUT2D eigenvalue weighted by molar-refractivity contribution is 6.02. The number of aryl methyl sites for hydroxylation is 1. The molecule has 1 amide bonds. The van der Waals surface area contributed by atoms with Crippen LogP contribution < -0.4 is 4.84 Å². The van der Waals surface area contributed by atoms with Gasteiger partial charge in [0.05, 0.1) is 18.7 Å². The summed E-state index contributed by atoms with van der Waals surface area (Å²) in [4.78, 5) is 34.3. The topological polar surface area (TPSA) is 114 Å². The molecule has 3 aromatic rings. The molecule has 0 aliphatic carbocycles. The number of alkyl halides is 3. The maximum atomic E-state index is 14.0. The Morgan fingerprint density at radius 3 is 2.46 bits per heavy atom. The van der Waals surface area contributed by atoms with Gasteiger partial charge in [-0.05, 0) is 31.9 Å². The number of amides is 1. The molecule has 0 unspecified atom stereocenters. The van der Waals surface area contributed by atoms with Gasteiger partial charge in [-0.1, -0.05) is 11.2 Å². The van der Waals surface area contributed by atoms with Crippen LogP contribution in [-0.2, 0) is 17.4 Å². The third-order valence-corrected chi connectivity index (χ3v) is 6.16. The molecule has 1 N–H and O–H groups in total. The summed E-state index contributed by atoms with van der Waals surface area (Å²) in [6.07, 6.45) is -1.98. The van der Waals surface area contributed by atoms with Gasteiger partial charge in [-0.25, -0.2) is 23.7 Å². The molecule has 39 heavy (non-hydrogen) atoms. The summed E-state index contributed by atoms with van der Waals surface area (Å²) in [5.74, 6) is -3.61. The van der Waals surface area contributed by atoms with Crippen LogP contribution in [-0.4, -0.2) is 61.3 Å². The number of carbonyl (C=O) groups is 1. The van der Waals surface area contributed by atoms with Gasteiger partial charge in [0.25, 0.3) is 5.88 Å². The van der Waals surface area contributed by atoms with E-state index in [1.54, 1.807) is 6.92 Å². The smallest absolute Gasteiger partial charge is 0.390 e. The van der Waals surface area contributed by atoms with E-state index in [0.29, 0.717) is 43.0 Å². The number of aromatic nitrogens is 4. The first kappa shape index (κ1) is 28.0. The van der Waals surface area contributed by atoms with Crippen molar-refractivity contribution in [3.63, 3.8) is 0 Å². The molecule has 0 spiro atoms. The van der Waals surface area contributed by atoms with Crippen molar-refractivity contribution in [2.45, 2.75) is 38.3 Å². The zero-order valence-electron chi connectivity index (χ0n) is 20.6. The van der Waals surface area contributed by atoms with E-state index < -0.39 is 48.5 Å². The van der Waals surface area contributed by atoms with Crippen molar-refractivity contribution in [3.8, 4) is 5.88 Å². The average molecular weight is 550 g/mol. The maximum absolute atomic E-state index is 14.0. The van der Waals surface area contributed by atoms with Crippen LogP contribution in [0.5, 0.6) is 5.88 Å². The Labute approximate surface area is 219 Å². The second kappa shape index (κ2) is 11.8. The standard InChI is InChI=1S/C25H23F5N6O3/c1-14-32-12-17(20(13-37)35-39-21-5-8-31-24(34-21)25(28,29)30)23(33-14)15-6-9-36(10-7-15)22(38)11-16-18(26)3-2-4-19(16)27/h2-5,8,12,15,37H,6-7,9-11,13H2,1H3. The first-order valence-electron chi connectivity index (χ1n) is 11.9. The fourth-order valence-corrected chi connectivity index (χ4v) is 4.18. The minimum atomic E-state index is -4.78. The van der Waals surface area contributed by atoms with Crippen LogP contribution >= 0.6 is 0 Å². The number of likely N-dealkylation sites (tertiary alicyclic amines) is 1. The van der Waals surface area contributed by atoms with Crippen LogP contribution in [0.2, 0.25) is 0 Å². The molecule has 0 saturated carbocycles. The minimum absolute atomic E-state index is 0.0364. The Hall–Kier alpha value is -4.07. The Balaban J connectivity index is 1.49. The number of aliphatic hydroxyl groups is 1. The van der Waals surface area contributed by atoms with Crippen molar-refractivity contribution in [2.75, 3.05) is 19.7 Å². The predicted octanol–water partition coefficient (Wildman–Crippen LogP) is 3.60. The van der Waals surface area contributed by atoms with Gasteiger partial charge in [-0.15, -0.1) is 0 Å². The zero-order valence-corrected chi connectivity index (χ0v) is 20.6. The van der Waals surface area contributed by atoms with Crippen LogP contribution in [0.25, 0.3) is 0 Å². The van der Waals surface area contributed by atoms with Crippen LogP contribution in [0, 0.1) is 18.6 Å². The molecule has 2 aromatic heterocycles. The van der Waals surface area contributed by atoms with Crippen LogP contribution in [0.15, 0.2) is 41.8 Å². The van der Waals surface area contributed by atoms with Crippen molar-refractivity contribution < 1.29 is 36.7 Å². The third kappa shape index (κ3) is 6.69. The normalized spacial score (nSPS) is 14.9. The molecule has 1 aliphatic heterocycles. The molecule has 3 heterocycles. The number of hydrogen-bond acceptors (Lipinski definition) is 8. The number of oxime groups is 1. The number of hydrogen-bond donors (Lipinski definition) is 1. The van der Waals surface area contributed by atoms with E-state index in [-0.39, 0.29) is 17.2 Å². The van der Waals surface area contributed by atoms with E-state index in [9.17, 15) is 31.9 Å². The SMILES string of the molecule is Cc1ncc(C(CO)=NOc2ccnc(C(F)(F)F)n2)c(C2CCN(C(=O)Cc3c(F)cccc3F)CC2)n1. The first-order chi connectivity index (χ1) is 18.6. The lowest BCUT2D eigenvalue weighted by Crippen LogP contribution is -2.39. The quantitative estimate of drug-likeness (QED) is 0.272. The summed E-state index contributed by atoms with van der Waals surface area (Å²) in [5.41, 5.74) is 0.523. The molecule has 0 atom stereocenters. The lowest BCUT2D eigenvalue weighted by molar-refractivity contribution is -0.145. The maximum Gasteiger partial charge on any atom is 0.451 e. The molecule has 1 fully saturated rings. The number of piperidine rings is 1. The molecule has 1 aromatic carbocycles. The second-order valence-corrected chi connectivity index (χ2v) is 8.75. The minimum Gasteiger partial charge on any atom is -0.390 e. The number of halogens is 5. The van der Waals surface area contributed by atoms with Crippen LogP contribution in [0.4, 0.5) is 22.0 Å². The van der Waals surface area contributed by atoms with Crippen molar-refractivity contribution in [3.05, 3.63) is 76.8 Å². The molecule has 0 bridgehead atoms. The number of rotatable bonds is 7. The molecular weight excluding hydrogens is 527 g/mol. The van der Waals surface area contributed by atoms with Crippen molar-refractivity contribution in [1.29, 1.82) is 0 Å². The van der Waals surface area contributed by atoms with Crippen molar-refractivity contribution in [1.82, 2.24) is 24.8 Å².